The molecule has 142 valence electrons. The molecule has 6 heteroatoms. The average molecular weight is 373 g/mol. The molecule has 0 bridgehead atoms. The maximum atomic E-state index is 14.3. The van der Waals surface area contributed by atoms with Crippen LogP contribution in [0.2, 0.25) is 0 Å². The zero-order chi connectivity index (χ0) is 19.4. The molecule has 2 aromatic rings. The first-order valence-electron chi connectivity index (χ1n) is 8.91. The lowest BCUT2D eigenvalue weighted by molar-refractivity contribution is -0.136. The Labute approximate surface area is 156 Å². The van der Waals surface area contributed by atoms with Crippen molar-refractivity contribution >= 4 is 11.5 Å². The third-order valence-electron chi connectivity index (χ3n) is 4.73. The number of carboxylic acid groups (broad SMARTS) is 1. The molecule has 0 saturated carbocycles. The maximum absolute atomic E-state index is 14.3. The van der Waals surface area contributed by atoms with Gasteiger partial charge in [-0.2, -0.15) is 4.39 Å². The molecule has 0 spiro atoms. The lowest BCUT2D eigenvalue weighted by Crippen LogP contribution is -2.06. The highest BCUT2D eigenvalue weighted by atomic mass is 19.2. The van der Waals surface area contributed by atoms with Gasteiger partial charge in [0, 0.05) is 18.3 Å². The monoisotopic (exact) mass is 373 g/mol. The normalized spacial score (nSPS) is 13.9. The summed E-state index contributed by atoms with van der Waals surface area (Å²) >= 11 is 0. The zero-order valence-corrected chi connectivity index (χ0v) is 15.1. The summed E-state index contributed by atoms with van der Waals surface area (Å²) in [5.74, 6) is -3.33. The van der Waals surface area contributed by atoms with Gasteiger partial charge in [-0.3, -0.25) is 9.78 Å². The smallest absolute Gasteiger partial charge is 0.303 e. The Morgan fingerprint density at radius 2 is 2.00 bits per heavy atom. The molecular formula is C21H21F2NO3. The van der Waals surface area contributed by atoms with Crippen LogP contribution in [0.1, 0.15) is 42.5 Å². The molecule has 1 N–H and O–H groups in total. The fraction of sp³-hybridized carbons (Fsp3) is 0.333. The highest BCUT2D eigenvalue weighted by Crippen LogP contribution is 2.34. The van der Waals surface area contributed by atoms with Crippen LogP contribution >= 0.6 is 0 Å². The van der Waals surface area contributed by atoms with E-state index in [9.17, 15) is 13.6 Å². The second-order valence-electron chi connectivity index (χ2n) is 6.66. The van der Waals surface area contributed by atoms with Crippen LogP contribution in [0.15, 0.2) is 36.0 Å². The Kier molecular flexibility index (Phi) is 5.84. The summed E-state index contributed by atoms with van der Waals surface area (Å²) in [5, 5.41) is 8.68. The molecule has 1 aromatic heterocycles. The van der Waals surface area contributed by atoms with Gasteiger partial charge < -0.3 is 9.84 Å². The van der Waals surface area contributed by atoms with Crippen LogP contribution in [0.25, 0.3) is 5.57 Å². The Morgan fingerprint density at radius 1 is 1.19 bits per heavy atom. The molecule has 1 aliphatic carbocycles. The van der Waals surface area contributed by atoms with E-state index in [0.717, 1.165) is 41.7 Å². The number of carboxylic acids is 1. The van der Waals surface area contributed by atoms with E-state index in [1.165, 1.54) is 12.1 Å². The van der Waals surface area contributed by atoms with Crippen LogP contribution in [0.4, 0.5) is 8.78 Å². The summed E-state index contributed by atoms with van der Waals surface area (Å²) in [7, 11) is 0. The van der Waals surface area contributed by atoms with E-state index in [1.54, 1.807) is 0 Å². The number of benzene rings is 1. The number of hydrogen-bond donors (Lipinski definition) is 1. The molecule has 0 unspecified atom stereocenters. The molecule has 1 heterocycles. The molecule has 4 nitrogen and oxygen atoms in total. The number of ether oxygens (including phenoxy) is 1. The summed E-state index contributed by atoms with van der Waals surface area (Å²) in [6.07, 6.45) is 4.27. The second-order valence-corrected chi connectivity index (χ2v) is 6.66. The van der Waals surface area contributed by atoms with Gasteiger partial charge in [0.15, 0.2) is 11.6 Å². The molecule has 3 rings (SSSR count). The van der Waals surface area contributed by atoms with Crippen LogP contribution in [0.3, 0.4) is 0 Å². The largest absolute Gasteiger partial charge is 0.486 e. The van der Waals surface area contributed by atoms with Crippen molar-refractivity contribution in [2.75, 3.05) is 6.61 Å². The molecular weight excluding hydrogens is 352 g/mol. The van der Waals surface area contributed by atoms with Crippen molar-refractivity contribution in [2.45, 2.75) is 39.0 Å². The van der Waals surface area contributed by atoms with Gasteiger partial charge >= 0.3 is 5.97 Å². The van der Waals surface area contributed by atoms with Crippen molar-refractivity contribution in [3.63, 3.8) is 0 Å². The van der Waals surface area contributed by atoms with Crippen LogP contribution < -0.4 is 4.74 Å². The Hall–Kier alpha value is -2.76. The molecule has 0 atom stereocenters. The van der Waals surface area contributed by atoms with E-state index in [2.05, 4.69) is 4.98 Å². The van der Waals surface area contributed by atoms with Gasteiger partial charge in [-0.15, -0.1) is 0 Å². The zero-order valence-electron chi connectivity index (χ0n) is 15.1. The lowest BCUT2D eigenvalue weighted by atomic mass is 10.0. The van der Waals surface area contributed by atoms with Gasteiger partial charge in [0.05, 0.1) is 0 Å². The van der Waals surface area contributed by atoms with E-state index in [4.69, 9.17) is 9.84 Å². The standard InChI is InChI=1S/C21H21F2NO3/c1-13-5-6-15(11-24-13)17-4-2-3-16(17)12-27-18-9-7-14(8-10-19(25)26)20(22)21(18)23/h5-7,9,11H,2-4,8,10,12H2,1H3,(H,25,26). The van der Waals surface area contributed by atoms with Crippen LogP contribution in [-0.2, 0) is 11.2 Å². The molecule has 0 amide bonds. The van der Waals surface area contributed by atoms with Crippen molar-refractivity contribution in [1.82, 2.24) is 4.98 Å². The molecule has 0 saturated heterocycles. The van der Waals surface area contributed by atoms with Gasteiger partial charge in [0.25, 0.3) is 0 Å². The van der Waals surface area contributed by atoms with E-state index in [-0.39, 0.29) is 30.8 Å². The predicted octanol–water partition coefficient (Wildman–Crippen LogP) is 4.70. The molecule has 0 radical (unpaired) electrons. The summed E-state index contributed by atoms with van der Waals surface area (Å²) in [4.78, 5) is 14.9. The highest BCUT2D eigenvalue weighted by Gasteiger charge is 2.19. The van der Waals surface area contributed by atoms with Crippen molar-refractivity contribution in [2.24, 2.45) is 0 Å². The fourth-order valence-corrected chi connectivity index (χ4v) is 3.24. The Balaban J connectivity index is 1.74. The molecule has 27 heavy (non-hydrogen) atoms. The number of aliphatic carboxylic acids is 1. The second kappa shape index (κ2) is 8.29. The van der Waals surface area contributed by atoms with E-state index >= 15 is 0 Å². The first-order valence-corrected chi connectivity index (χ1v) is 8.91. The van der Waals surface area contributed by atoms with E-state index in [0.29, 0.717) is 0 Å². The predicted molar refractivity (Wildman–Crippen MR) is 97.6 cm³/mol. The maximum Gasteiger partial charge on any atom is 0.303 e. The van der Waals surface area contributed by atoms with Gasteiger partial charge in [0.2, 0.25) is 5.82 Å². The summed E-state index contributed by atoms with van der Waals surface area (Å²) in [5.41, 5.74) is 4.23. The number of aromatic nitrogens is 1. The minimum Gasteiger partial charge on any atom is -0.486 e. The number of hydrogen-bond acceptors (Lipinski definition) is 3. The Morgan fingerprint density at radius 3 is 2.70 bits per heavy atom. The number of rotatable bonds is 7. The minimum atomic E-state index is -1.07. The molecule has 1 aromatic carbocycles. The van der Waals surface area contributed by atoms with Crippen molar-refractivity contribution < 1.29 is 23.4 Å². The quantitative estimate of drug-likeness (QED) is 0.764. The Bertz CT molecular complexity index is 876. The number of allylic oxidation sites excluding steroid dienone is 1. The van der Waals surface area contributed by atoms with Crippen LogP contribution in [-0.4, -0.2) is 22.7 Å². The first-order chi connectivity index (χ1) is 13.0. The number of nitrogens with zero attached hydrogens (tertiary/aromatic N) is 1. The highest BCUT2D eigenvalue weighted by molar-refractivity contribution is 5.70. The van der Waals surface area contributed by atoms with Crippen molar-refractivity contribution in [1.29, 1.82) is 0 Å². The van der Waals surface area contributed by atoms with Crippen molar-refractivity contribution in [3.8, 4) is 5.75 Å². The SMILES string of the molecule is Cc1ccc(C2=C(COc3ccc(CCC(=O)O)c(F)c3F)CCC2)cn1. The van der Waals surface area contributed by atoms with Crippen molar-refractivity contribution in [3.05, 3.63) is 64.5 Å². The van der Waals surface area contributed by atoms with Gasteiger partial charge in [-0.05, 0) is 67.0 Å². The van der Waals surface area contributed by atoms with E-state index < -0.39 is 17.6 Å². The molecule has 0 fully saturated rings. The fourth-order valence-electron chi connectivity index (χ4n) is 3.24. The number of carbonyl (C=O) groups is 1. The van der Waals surface area contributed by atoms with Crippen LogP contribution in [0, 0.1) is 18.6 Å². The van der Waals surface area contributed by atoms with Crippen LogP contribution in [0.5, 0.6) is 5.75 Å². The summed E-state index contributed by atoms with van der Waals surface area (Å²) < 4.78 is 33.9. The molecule has 0 aliphatic heterocycles. The van der Waals surface area contributed by atoms with Gasteiger partial charge in [-0.1, -0.05) is 12.1 Å². The third kappa shape index (κ3) is 4.51. The number of aryl methyl sites for hydroxylation is 2. The average Bonchev–Trinajstić information content (AvgIpc) is 3.11. The minimum absolute atomic E-state index is 0.0359. The van der Waals surface area contributed by atoms with Gasteiger partial charge in [0.1, 0.15) is 6.61 Å². The topological polar surface area (TPSA) is 59.4 Å². The lowest BCUT2D eigenvalue weighted by Gasteiger charge is -2.12. The summed E-state index contributed by atoms with van der Waals surface area (Å²) in [6.45, 7) is 2.11. The molecule has 1 aliphatic rings. The first kappa shape index (κ1) is 19.0. The summed E-state index contributed by atoms with van der Waals surface area (Å²) in [6, 6.07) is 6.70. The number of pyridine rings is 1. The third-order valence-corrected chi connectivity index (χ3v) is 4.73. The van der Waals surface area contributed by atoms with E-state index in [1.807, 2.05) is 25.3 Å². The van der Waals surface area contributed by atoms with Gasteiger partial charge in [-0.25, -0.2) is 4.39 Å². The number of halogens is 2.